The van der Waals surface area contributed by atoms with Crippen molar-refractivity contribution in [3.8, 4) is 5.75 Å². The Morgan fingerprint density at radius 1 is 1.00 bits per heavy atom. The monoisotopic (exact) mass is 287 g/mol. The zero-order valence-corrected chi connectivity index (χ0v) is 11.8. The fourth-order valence-corrected chi connectivity index (χ4v) is 2.59. The summed E-state index contributed by atoms with van der Waals surface area (Å²) in [5.41, 5.74) is 5.24. The second kappa shape index (κ2) is 8.90. The van der Waals surface area contributed by atoms with E-state index in [2.05, 4.69) is 0 Å². The summed E-state index contributed by atoms with van der Waals surface area (Å²) in [4.78, 5) is 0. The molecule has 1 aromatic carbocycles. The minimum absolute atomic E-state index is 0.0400. The average Bonchev–Trinajstić information content (AvgIpc) is 2.41. The number of nitrogens with two attached hydrogens (primary N) is 1. The summed E-state index contributed by atoms with van der Waals surface area (Å²) in [5.74, 6) is 0.913. The molecule has 108 valence electrons. The van der Waals surface area contributed by atoms with Crippen LogP contribution < -0.4 is 10.5 Å². The Bertz CT molecular complexity index is 433. The number of ether oxygens (including phenoxy) is 2. The highest BCUT2D eigenvalue weighted by atomic mass is 32.2. The molecule has 0 atom stereocenters. The van der Waals surface area contributed by atoms with E-state index >= 15 is 0 Å². The first-order valence-corrected chi connectivity index (χ1v) is 8.12. The SMILES string of the molecule is NCCOCCS(=O)(=O)CCCOc1ccccc1. The van der Waals surface area contributed by atoms with E-state index in [1.54, 1.807) is 0 Å². The topological polar surface area (TPSA) is 78.6 Å². The van der Waals surface area contributed by atoms with Crippen molar-refractivity contribution < 1.29 is 17.9 Å². The lowest BCUT2D eigenvalue weighted by Gasteiger charge is -2.07. The van der Waals surface area contributed by atoms with E-state index in [-0.39, 0.29) is 18.1 Å². The zero-order valence-electron chi connectivity index (χ0n) is 11.0. The second-order valence-electron chi connectivity index (χ2n) is 4.07. The molecule has 6 heteroatoms. The van der Waals surface area contributed by atoms with Crippen molar-refractivity contribution in [2.75, 3.05) is 37.9 Å². The molecule has 0 unspecified atom stereocenters. The molecule has 0 aliphatic heterocycles. The van der Waals surface area contributed by atoms with Gasteiger partial charge in [-0.15, -0.1) is 0 Å². The van der Waals surface area contributed by atoms with Gasteiger partial charge in [-0.25, -0.2) is 8.42 Å². The molecular formula is C13H21NO4S. The highest BCUT2D eigenvalue weighted by Gasteiger charge is 2.10. The lowest BCUT2D eigenvalue weighted by molar-refractivity contribution is 0.157. The summed E-state index contributed by atoms with van der Waals surface area (Å²) in [7, 11) is -3.06. The van der Waals surface area contributed by atoms with Crippen LogP contribution in [0.15, 0.2) is 30.3 Å². The third-order valence-corrected chi connectivity index (χ3v) is 4.11. The van der Waals surface area contributed by atoms with Crippen LogP contribution in [-0.2, 0) is 14.6 Å². The van der Waals surface area contributed by atoms with Gasteiger partial charge >= 0.3 is 0 Å². The molecule has 0 aliphatic rings. The van der Waals surface area contributed by atoms with Crippen LogP contribution in [0.4, 0.5) is 0 Å². The molecule has 0 radical (unpaired) electrons. The molecule has 0 bridgehead atoms. The molecule has 0 amide bonds. The first-order valence-electron chi connectivity index (χ1n) is 6.30. The molecule has 1 aromatic rings. The second-order valence-corrected chi connectivity index (χ2v) is 6.37. The van der Waals surface area contributed by atoms with Gasteiger partial charge in [0, 0.05) is 6.54 Å². The molecule has 0 saturated heterocycles. The van der Waals surface area contributed by atoms with Gasteiger partial charge in [0.1, 0.15) is 5.75 Å². The Balaban J connectivity index is 2.14. The molecule has 1 rings (SSSR count). The van der Waals surface area contributed by atoms with Gasteiger partial charge in [0.05, 0.1) is 31.3 Å². The van der Waals surface area contributed by atoms with E-state index in [1.165, 1.54) is 0 Å². The molecule has 0 saturated carbocycles. The Hall–Kier alpha value is -1.11. The molecule has 0 fully saturated rings. The number of hydrogen-bond donors (Lipinski definition) is 1. The fourth-order valence-electron chi connectivity index (χ4n) is 1.46. The summed E-state index contributed by atoms with van der Waals surface area (Å²) in [6.45, 7) is 1.41. The number of benzene rings is 1. The number of para-hydroxylation sites is 1. The van der Waals surface area contributed by atoms with Crippen LogP contribution in [0, 0.1) is 0 Å². The molecule has 2 N–H and O–H groups in total. The maximum Gasteiger partial charge on any atom is 0.152 e. The average molecular weight is 287 g/mol. The van der Waals surface area contributed by atoms with Gasteiger partial charge in [0.25, 0.3) is 0 Å². The van der Waals surface area contributed by atoms with Gasteiger partial charge in [0.15, 0.2) is 9.84 Å². The quantitative estimate of drug-likeness (QED) is 0.645. The van der Waals surface area contributed by atoms with Crippen molar-refractivity contribution in [2.45, 2.75) is 6.42 Å². The predicted octanol–water partition coefficient (Wildman–Crippen LogP) is 0.846. The van der Waals surface area contributed by atoms with Crippen LogP contribution in [-0.4, -0.2) is 46.3 Å². The fraction of sp³-hybridized carbons (Fsp3) is 0.538. The van der Waals surface area contributed by atoms with Crippen LogP contribution in [0.1, 0.15) is 6.42 Å². The zero-order chi connectivity index (χ0) is 14.0. The Morgan fingerprint density at radius 3 is 2.42 bits per heavy atom. The summed E-state index contributed by atoms with van der Waals surface area (Å²) < 4.78 is 33.8. The summed E-state index contributed by atoms with van der Waals surface area (Å²) >= 11 is 0. The highest BCUT2D eigenvalue weighted by molar-refractivity contribution is 7.91. The maximum atomic E-state index is 11.6. The van der Waals surface area contributed by atoms with Crippen molar-refractivity contribution in [1.82, 2.24) is 0 Å². The minimum Gasteiger partial charge on any atom is -0.494 e. The van der Waals surface area contributed by atoms with Gasteiger partial charge in [0.2, 0.25) is 0 Å². The number of sulfone groups is 1. The Morgan fingerprint density at radius 2 is 1.74 bits per heavy atom. The minimum atomic E-state index is -3.06. The van der Waals surface area contributed by atoms with Crippen LogP contribution in [0.2, 0.25) is 0 Å². The Kier molecular flexibility index (Phi) is 7.47. The highest BCUT2D eigenvalue weighted by Crippen LogP contribution is 2.08. The third kappa shape index (κ3) is 7.81. The number of hydrogen-bond acceptors (Lipinski definition) is 5. The van der Waals surface area contributed by atoms with E-state index in [4.69, 9.17) is 15.2 Å². The molecular weight excluding hydrogens is 266 g/mol. The normalized spacial score (nSPS) is 11.4. The molecule has 0 heterocycles. The first-order chi connectivity index (χ1) is 9.14. The largest absolute Gasteiger partial charge is 0.494 e. The van der Waals surface area contributed by atoms with Gasteiger partial charge in [-0.3, -0.25) is 0 Å². The molecule has 19 heavy (non-hydrogen) atoms. The van der Waals surface area contributed by atoms with Crippen LogP contribution in [0.3, 0.4) is 0 Å². The van der Waals surface area contributed by atoms with Gasteiger partial charge in [-0.1, -0.05) is 18.2 Å². The predicted molar refractivity (Wildman–Crippen MR) is 75.1 cm³/mol. The van der Waals surface area contributed by atoms with Crippen molar-refractivity contribution in [2.24, 2.45) is 5.73 Å². The summed E-state index contributed by atoms with van der Waals surface area (Å²) in [5, 5.41) is 0. The van der Waals surface area contributed by atoms with Crippen molar-refractivity contribution in [3.63, 3.8) is 0 Å². The molecule has 0 spiro atoms. The van der Waals surface area contributed by atoms with Crippen molar-refractivity contribution in [3.05, 3.63) is 30.3 Å². The van der Waals surface area contributed by atoms with Crippen molar-refractivity contribution in [1.29, 1.82) is 0 Å². The van der Waals surface area contributed by atoms with Gasteiger partial charge in [-0.05, 0) is 18.6 Å². The summed E-state index contributed by atoms with van der Waals surface area (Å²) in [6, 6.07) is 9.34. The molecule has 0 aliphatic carbocycles. The van der Waals surface area contributed by atoms with E-state index in [0.717, 1.165) is 5.75 Å². The van der Waals surface area contributed by atoms with E-state index in [0.29, 0.717) is 26.2 Å². The van der Waals surface area contributed by atoms with Crippen LogP contribution in [0.25, 0.3) is 0 Å². The molecule has 5 nitrogen and oxygen atoms in total. The van der Waals surface area contributed by atoms with E-state index in [9.17, 15) is 8.42 Å². The molecule has 0 aromatic heterocycles. The van der Waals surface area contributed by atoms with Crippen molar-refractivity contribution >= 4 is 9.84 Å². The first kappa shape index (κ1) is 15.9. The maximum absolute atomic E-state index is 11.6. The lowest BCUT2D eigenvalue weighted by Crippen LogP contribution is -2.19. The lowest BCUT2D eigenvalue weighted by atomic mass is 10.3. The van der Waals surface area contributed by atoms with Crippen LogP contribution in [0.5, 0.6) is 5.75 Å². The summed E-state index contributed by atoms with van der Waals surface area (Å²) in [6.07, 6.45) is 0.480. The van der Waals surface area contributed by atoms with E-state index < -0.39 is 9.84 Å². The Labute approximate surface area is 114 Å². The standard InChI is InChI=1S/C13H21NO4S/c14-7-9-17-10-12-19(15,16)11-4-8-18-13-5-2-1-3-6-13/h1-3,5-6H,4,7-12,14H2. The third-order valence-electron chi connectivity index (χ3n) is 2.41. The van der Waals surface area contributed by atoms with Gasteiger partial charge < -0.3 is 15.2 Å². The number of rotatable bonds is 10. The van der Waals surface area contributed by atoms with E-state index in [1.807, 2.05) is 30.3 Å². The van der Waals surface area contributed by atoms with Crippen LogP contribution >= 0.6 is 0 Å². The smallest absolute Gasteiger partial charge is 0.152 e. The van der Waals surface area contributed by atoms with Gasteiger partial charge in [-0.2, -0.15) is 0 Å².